The molecule has 0 aliphatic heterocycles. The van der Waals surface area contributed by atoms with Crippen LogP contribution in [-0.2, 0) is 6.42 Å². The molecule has 0 fully saturated rings. The predicted octanol–water partition coefficient (Wildman–Crippen LogP) is 5.78. The van der Waals surface area contributed by atoms with Crippen LogP contribution in [0.4, 0.5) is 5.69 Å². The van der Waals surface area contributed by atoms with Crippen LogP contribution in [0.1, 0.15) is 33.8 Å². The van der Waals surface area contributed by atoms with Gasteiger partial charge in [-0.25, -0.2) is 0 Å². The van der Waals surface area contributed by atoms with Crippen LogP contribution in [0.2, 0.25) is 0 Å². The Balaban J connectivity index is 1.45. The van der Waals surface area contributed by atoms with Gasteiger partial charge in [-0.1, -0.05) is 29.4 Å². The zero-order valence-corrected chi connectivity index (χ0v) is 21.5. The van der Waals surface area contributed by atoms with Crippen LogP contribution >= 0.6 is 0 Å². The number of nitrogens with zero attached hydrogens (tertiary/aromatic N) is 3. The molecule has 1 N–H and O–H groups in total. The first-order valence-electron chi connectivity index (χ1n) is 12.0. The van der Waals surface area contributed by atoms with E-state index < -0.39 is 0 Å². The Morgan fingerprint density at radius 1 is 1.00 bits per heavy atom. The quantitative estimate of drug-likeness (QED) is 0.325. The minimum atomic E-state index is -0.143. The van der Waals surface area contributed by atoms with Crippen molar-refractivity contribution < 1.29 is 14.1 Å². The number of rotatable bonds is 9. The molecule has 0 saturated carbocycles. The number of carbonyl (C=O) groups is 1. The Morgan fingerprint density at radius 2 is 1.75 bits per heavy atom. The number of nitrogens with one attached hydrogen (secondary N) is 1. The van der Waals surface area contributed by atoms with Crippen molar-refractivity contribution in [3.05, 3.63) is 83.2 Å². The number of aryl methyl sites for hydroxylation is 3. The van der Waals surface area contributed by atoms with E-state index in [9.17, 15) is 4.79 Å². The van der Waals surface area contributed by atoms with Gasteiger partial charge in [0.15, 0.2) is 0 Å². The monoisotopic (exact) mass is 484 g/mol. The van der Waals surface area contributed by atoms with Crippen LogP contribution < -0.4 is 10.1 Å². The van der Waals surface area contributed by atoms with Gasteiger partial charge < -0.3 is 19.5 Å². The Morgan fingerprint density at radius 3 is 2.39 bits per heavy atom. The van der Waals surface area contributed by atoms with Crippen LogP contribution in [0.3, 0.4) is 0 Å². The van der Waals surface area contributed by atoms with E-state index in [-0.39, 0.29) is 5.91 Å². The second-order valence-electron chi connectivity index (χ2n) is 9.13. The summed E-state index contributed by atoms with van der Waals surface area (Å²) in [7, 11) is 5.77. The number of anilines is 1. The average Bonchev–Trinajstić information content (AvgIpc) is 3.30. The van der Waals surface area contributed by atoms with Gasteiger partial charge in [-0.3, -0.25) is 4.79 Å². The van der Waals surface area contributed by atoms with Crippen molar-refractivity contribution in [1.29, 1.82) is 0 Å². The Kier molecular flexibility index (Phi) is 7.80. The number of amides is 1. The third kappa shape index (κ3) is 5.98. The first kappa shape index (κ1) is 25.1. The number of ether oxygens (including phenoxy) is 1. The minimum Gasteiger partial charge on any atom is -0.496 e. The van der Waals surface area contributed by atoms with E-state index >= 15 is 0 Å². The third-order valence-corrected chi connectivity index (χ3v) is 6.06. The highest BCUT2D eigenvalue weighted by atomic mass is 16.5. The molecular weight excluding hydrogens is 452 g/mol. The summed E-state index contributed by atoms with van der Waals surface area (Å²) in [5.74, 6) is 1.79. The van der Waals surface area contributed by atoms with E-state index in [4.69, 9.17) is 9.26 Å². The van der Waals surface area contributed by atoms with Crippen LogP contribution in [0.15, 0.2) is 65.2 Å². The van der Waals surface area contributed by atoms with Crippen molar-refractivity contribution in [2.24, 2.45) is 0 Å². The Hall–Kier alpha value is -3.97. The van der Waals surface area contributed by atoms with Gasteiger partial charge in [0.2, 0.25) is 11.7 Å². The van der Waals surface area contributed by atoms with Crippen LogP contribution in [0, 0.1) is 13.8 Å². The first-order valence-corrected chi connectivity index (χ1v) is 12.0. The van der Waals surface area contributed by atoms with Gasteiger partial charge in [-0.15, -0.1) is 0 Å². The van der Waals surface area contributed by atoms with E-state index in [1.165, 1.54) is 0 Å². The lowest BCUT2D eigenvalue weighted by Gasteiger charge is -2.13. The highest BCUT2D eigenvalue weighted by Crippen LogP contribution is 2.29. The summed E-state index contributed by atoms with van der Waals surface area (Å²) in [4.78, 5) is 19.4. The molecule has 0 bridgehead atoms. The largest absolute Gasteiger partial charge is 0.496 e. The molecule has 0 aliphatic rings. The topological polar surface area (TPSA) is 80.5 Å². The van der Waals surface area contributed by atoms with Gasteiger partial charge in [-0.2, -0.15) is 4.98 Å². The zero-order chi connectivity index (χ0) is 25.7. The van der Waals surface area contributed by atoms with E-state index in [1.54, 1.807) is 20.1 Å². The maximum Gasteiger partial charge on any atom is 0.255 e. The van der Waals surface area contributed by atoms with Crippen molar-refractivity contribution in [2.75, 3.05) is 33.1 Å². The molecule has 0 spiro atoms. The van der Waals surface area contributed by atoms with Crippen molar-refractivity contribution in [3.8, 4) is 28.3 Å². The molecule has 0 atom stereocenters. The van der Waals surface area contributed by atoms with E-state index in [0.717, 1.165) is 58.6 Å². The van der Waals surface area contributed by atoms with E-state index in [2.05, 4.69) is 53.5 Å². The molecule has 4 aromatic rings. The molecule has 7 heteroatoms. The van der Waals surface area contributed by atoms with Gasteiger partial charge in [0.1, 0.15) is 5.75 Å². The van der Waals surface area contributed by atoms with Crippen LogP contribution in [0.5, 0.6) is 5.75 Å². The number of methoxy groups -OCH3 is 1. The summed E-state index contributed by atoms with van der Waals surface area (Å²) in [6.07, 6.45) is 1.84. The number of carbonyl (C=O) groups excluding carboxylic acids is 1. The molecule has 0 radical (unpaired) electrons. The number of hydrogen-bond acceptors (Lipinski definition) is 6. The number of aromatic nitrogens is 2. The molecule has 1 heterocycles. The van der Waals surface area contributed by atoms with Gasteiger partial charge in [-0.05, 0) is 99.1 Å². The van der Waals surface area contributed by atoms with Crippen molar-refractivity contribution in [2.45, 2.75) is 26.7 Å². The molecule has 0 aliphatic carbocycles. The lowest BCUT2D eigenvalue weighted by atomic mass is 9.98. The standard InChI is InChI=1S/C29H32N4O3/c1-19-17-23(28-30-20(2)36-32-28)10-14-26(19)21-8-12-25(13-9-21)31-29(34)24-11-15-27(35-5)22(18-24)7-6-16-33(3)4/h8-15,17-18H,6-7,16H2,1-5H3,(H,31,34). The summed E-state index contributed by atoms with van der Waals surface area (Å²) < 4.78 is 10.6. The van der Waals surface area contributed by atoms with Gasteiger partial charge in [0, 0.05) is 23.7 Å². The van der Waals surface area contributed by atoms with E-state index in [1.807, 2.05) is 42.5 Å². The fraction of sp³-hybridized carbons (Fsp3) is 0.276. The molecule has 186 valence electrons. The summed E-state index contributed by atoms with van der Waals surface area (Å²) >= 11 is 0. The highest BCUT2D eigenvalue weighted by molar-refractivity contribution is 6.04. The first-order chi connectivity index (χ1) is 17.3. The molecule has 1 aromatic heterocycles. The molecule has 1 amide bonds. The summed E-state index contributed by atoms with van der Waals surface area (Å²) in [5, 5.41) is 7.00. The SMILES string of the molecule is COc1ccc(C(=O)Nc2ccc(-c3ccc(-c4noc(C)n4)cc3C)cc2)cc1CCCN(C)C. The number of benzene rings is 3. The molecule has 0 saturated heterocycles. The second kappa shape index (κ2) is 11.2. The third-order valence-electron chi connectivity index (χ3n) is 6.06. The van der Waals surface area contributed by atoms with Crippen molar-refractivity contribution >= 4 is 11.6 Å². The highest BCUT2D eigenvalue weighted by Gasteiger charge is 2.12. The van der Waals surface area contributed by atoms with Crippen LogP contribution in [0.25, 0.3) is 22.5 Å². The van der Waals surface area contributed by atoms with Crippen molar-refractivity contribution in [1.82, 2.24) is 15.0 Å². The second-order valence-corrected chi connectivity index (χ2v) is 9.13. The number of hydrogen-bond donors (Lipinski definition) is 1. The normalized spacial score (nSPS) is 11.1. The molecule has 7 nitrogen and oxygen atoms in total. The molecule has 0 unspecified atom stereocenters. The Labute approximate surface area is 212 Å². The fourth-order valence-electron chi connectivity index (χ4n) is 4.18. The molecule has 36 heavy (non-hydrogen) atoms. The van der Waals surface area contributed by atoms with Crippen molar-refractivity contribution in [3.63, 3.8) is 0 Å². The molecular formula is C29H32N4O3. The van der Waals surface area contributed by atoms with Gasteiger partial charge in [0.25, 0.3) is 5.91 Å². The summed E-state index contributed by atoms with van der Waals surface area (Å²) in [6.45, 7) is 4.81. The van der Waals surface area contributed by atoms with Gasteiger partial charge in [0.05, 0.1) is 7.11 Å². The summed E-state index contributed by atoms with van der Waals surface area (Å²) in [6, 6.07) is 19.5. The summed E-state index contributed by atoms with van der Waals surface area (Å²) in [5.41, 5.74) is 6.58. The average molecular weight is 485 g/mol. The minimum absolute atomic E-state index is 0.143. The lowest BCUT2D eigenvalue weighted by Crippen LogP contribution is -2.14. The lowest BCUT2D eigenvalue weighted by molar-refractivity contribution is 0.102. The maximum absolute atomic E-state index is 13.0. The maximum atomic E-state index is 13.0. The van der Waals surface area contributed by atoms with Gasteiger partial charge >= 0.3 is 0 Å². The molecule has 4 rings (SSSR count). The Bertz CT molecular complexity index is 1340. The fourth-order valence-corrected chi connectivity index (χ4v) is 4.18. The van der Waals surface area contributed by atoms with E-state index in [0.29, 0.717) is 17.3 Å². The van der Waals surface area contributed by atoms with Crippen LogP contribution in [-0.4, -0.2) is 48.7 Å². The molecule has 3 aromatic carbocycles. The predicted molar refractivity (Wildman–Crippen MR) is 142 cm³/mol. The zero-order valence-electron chi connectivity index (χ0n) is 21.5. The smallest absolute Gasteiger partial charge is 0.255 e.